The third kappa shape index (κ3) is 3.62. The summed E-state index contributed by atoms with van der Waals surface area (Å²) < 4.78 is 0. The second-order valence-electron chi connectivity index (χ2n) is 5.41. The van der Waals surface area contributed by atoms with Gasteiger partial charge in [0.2, 0.25) is 0 Å². The third-order valence-corrected chi connectivity index (χ3v) is 3.81. The van der Waals surface area contributed by atoms with Crippen LogP contribution in [0.5, 0.6) is 0 Å². The maximum absolute atomic E-state index is 3.82. The van der Waals surface area contributed by atoms with Gasteiger partial charge < -0.3 is 5.32 Å². The summed E-state index contributed by atoms with van der Waals surface area (Å²) in [5.41, 5.74) is 1.68. The van der Waals surface area contributed by atoms with Crippen molar-refractivity contribution in [3.8, 4) is 0 Å². The van der Waals surface area contributed by atoms with Crippen molar-refractivity contribution in [1.29, 1.82) is 0 Å². The van der Waals surface area contributed by atoms with Crippen LogP contribution in [0.1, 0.15) is 60.3 Å². The molecule has 3 unspecified atom stereocenters. The summed E-state index contributed by atoms with van der Waals surface area (Å²) in [6.07, 6.45) is 7.47. The van der Waals surface area contributed by atoms with Gasteiger partial charge in [0, 0.05) is 12.1 Å². The van der Waals surface area contributed by atoms with Crippen molar-refractivity contribution in [1.82, 2.24) is 5.32 Å². The molecule has 16 heavy (non-hydrogen) atoms. The molecule has 1 aliphatic carbocycles. The average Bonchev–Trinajstić information content (AvgIpc) is 3.01. The third-order valence-electron chi connectivity index (χ3n) is 3.81. The second-order valence-corrected chi connectivity index (χ2v) is 5.41. The molecule has 1 aliphatic rings. The van der Waals surface area contributed by atoms with Gasteiger partial charge in [-0.15, -0.1) is 0 Å². The van der Waals surface area contributed by atoms with Gasteiger partial charge in [-0.3, -0.25) is 0 Å². The summed E-state index contributed by atoms with van der Waals surface area (Å²) in [6.45, 7) is 11.5. The highest BCUT2D eigenvalue weighted by atomic mass is 15.0. The van der Waals surface area contributed by atoms with Gasteiger partial charge in [0.1, 0.15) is 0 Å². The van der Waals surface area contributed by atoms with Crippen molar-refractivity contribution in [2.24, 2.45) is 11.8 Å². The van der Waals surface area contributed by atoms with Crippen molar-refractivity contribution in [2.45, 2.75) is 72.4 Å². The van der Waals surface area contributed by atoms with E-state index in [9.17, 15) is 0 Å². The molecule has 1 nitrogen and oxygen atoms in total. The van der Waals surface area contributed by atoms with Crippen molar-refractivity contribution in [3.05, 3.63) is 11.6 Å². The Labute approximate surface area is 102 Å². The van der Waals surface area contributed by atoms with Crippen molar-refractivity contribution < 1.29 is 0 Å². The van der Waals surface area contributed by atoms with E-state index >= 15 is 0 Å². The van der Waals surface area contributed by atoms with Crippen LogP contribution in [0.3, 0.4) is 0 Å². The fourth-order valence-corrected chi connectivity index (χ4v) is 2.67. The summed E-state index contributed by atoms with van der Waals surface area (Å²) in [6, 6.07) is 1.47. The highest BCUT2D eigenvalue weighted by Crippen LogP contribution is 2.39. The molecule has 0 bridgehead atoms. The molecule has 0 aliphatic heterocycles. The Kier molecular flexibility index (Phi) is 5.54. The van der Waals surface area contributed by atoms with Crippen LogP contribution in [0.25, 0.3) is 0 Å². The van der Waals surface area contributed by atoms with Crippen molar-refractivity contribution in [2.75, 3.05) is 0 Å². The van der Waals surface area contributed by atoms with E-state index in [1.54, 1.807) is 5.57 Å². The van der Waals surface area contributed by atoms with Crippen LogP contribution in [-0.2, 0) is 0 Å². The predicted octanol–water partition coefficient (Wildman–Crippen LogP) is 4.15. The van der Waals surface area contributed by atoms with Crippen LogP contribution in [0.4, 0.5) is 0 Å². The number of hydrogen-bond acceptors (Lipinski definition) is 1. The molecule has 1 rings (SSSR count). The fraction of sp³-hybridized carbons (Fsp3) is 0.867. The minimum Gasteiger partial charge on any atom is -0.310 e. The van der Waals surface area contributed by atoms with Gasteiger partial charge >= 0.3 is 0 Å². The van der Waals surface area contributed by atoms with Crippen LogP contribution < -0.4 is 5.32 Å². The van der Waals surface area contributed by atoms with Gasteiger partial charge in [-0.25, -0.2) is 0 Å². The Morgan fingerprint density at radius 1 is 1.31 bits per heavy atom. The fourth-order valence-electron chi connectivity index (χ4n) is 2.67. The standard InChI is InChI=1S/C15H29N/c1-6-9-12(7-2)13-10-15(13)16-14(8-3)11(4)5/h9,11,13-16H,6-8,10H2,1-5H3/b12-9+. The highest BCUT2D eigenvalue weighted by molar-refractivity contribution is 5.18. The van der Waals surface area contributed by atoms with E-state index < -0.39 is 0 Å². The van der Waals surface area contributed by atoms with Gasteiger partial charge in [-0.05, 0) is 37.5 Å². The van der Waals surface area contributed by atoms with Gasteiger partial charge in [0.15, 0.2) is 0 Å². The smallest absolute Gasteiger partial charge is 0.0142 e. The minimum absolute atomic E-state index is 0.703. The van der Waals surface area contributed by atoms with Crippen LogP contribution in [0, 0.1) is 11.8 Å². The first-order chi connectivity index (χ1) is 7.63. The molecule has 0 aromatic heterocycles. The van der Waals surface area contributed by atoms with Gasteiger partial charge in [0.25, 0.3) is 0 Å². The normalized spacial score (nSPS) is 27.2. The first-order valence-corrected chi connectivity index (χ1v) is 7.08. The predicted molar refractivity (Wildman–Crippen MR) is 72.6 cm³/mol. The molecule has 0 spiro atoms. The zero-order valence-corrected chi connectivity index (χ0v) is 11.7. The Morgan fingerprint density at radius 2 is 2.00 bits per heavy atom. The first-order valence-electron chi connectivity index (χ1n) is 7.08. The molecule has 0 amide bonds. The molecule has 1 fully saturated rings. The first kappa shape index (κ1) is 13.8. The Hall–Kier alpha value is -0.300. The molecule has 0 aromatic rings. The van der Waals surface area contributed by atoms with Gasteiger partial charge in [-0.2, -0.15) is 0 Å². The topological polar surface area (TPSA) is 12.0 Å². The number of hydrogen-bond donors (Lipinski definition) is 1. The van der Waals surface area contributed by atoms with Gasteiger partial charge in [0.05, 0.1) is 0 Å². The zero-order valence-electron chi connectivity index (χ0n) is 11.7. The molecular formula is C15H29N. The van der Waals surface area contributed by atoms with E-state index in [4.69, 9.17) is 0 Å². The summed E-state index contributed by atoms with van der Waals surface area (Å²) in [4.78, 5) is 0. The minimum atomic E-state index is 0.703. The molecular weight excluding hydrogens is 194 g/mol. The van der Waals surface area contributed by atoms with E-state index in [-0.39, 0.29) is 0 Å². The van der Waals surface area contributed by atoms with E-state index in [2.05, 4.69) is 46.0 Å². The number of allylic oxidation sites excluding steroid dienone is 1. The molecule has 3 atom stereocenters. The average molecular weight is 223 g/mol. The lowest BCUT2D eigenvalue weighted by Crippen LogP contribution is -2.35. The molecule has 94 valence electrons. The molecule has 0 saturated heterocycles. The van der Waals surface area contributed by atoms with Crippen LogP contribution in [0.2, 0.25) is 0 Å². The summed E-state index contributed by atoms with van der Waals surface area (Å²) >= 11 is 0. The van der Waals surface area contributed by atoms with Crippen LogP contribution in [0.15, 0.2) is 11.6 Å². The lowest BCUT2D eigenvalue weighted by Gasteiger charge is -2.21. The highest BCUT2D eigenvalue weighted by Gasteiger charge is 2.39. The Bertz CT molecular complexity index is 230. The lowest BCUT2D eigenvalue weighted by molar-refractivity contribution is 0.381. The van der Waals surface area contributed by atoms with E-state index in [0.29, 0.717) is 6.04 Å². The molecule has 0 heterocycles. The maximum Gasteiger partial charge on any atom is 0.0142 e. The second kappa shape index (κ2) is 6.44. The SMILES string of the molecule is CC/C=C(\CC)C1CC1NC(CC)C(C)C. The number of rotatable bonds is 7. The molecule has 0 aromatic carbocycles. The zero-order chi connectivity index (χ0) is 12.1. The summed E-state index contributed by atoms with van der Waals surface area (Å²) in [5.74, 6) is 1.60. The Balaban J connectivity index is 2.41. The van der Waals surface area contributed by atoms with E-state index in [0.717, 1.165) is 17.9 Å². The molecule has 1 heteroatoms. The quantitative estimate of drug-likeness (QED) is 0.639. The molecule has 1 saturated carbocycles. The lowest BCUT2D eigenvalue weighted by atomic mass is 10.0. The monoisotopic (exact) mass is 223 g/mol. The molecule has 0 radical (unpaired) electrons. The largest absolute Gasteiger partial charge is 0.310 e. The van der Waals surface area contributed by atoms with Crippen LogP contribution >= 0.6 is 0 Å². The van der Waals surface area contributed by atoms with Crippen molar-refractivity contribution in [3.63, 3.8) is 0 Å². The van der Waals surface area contributed by atoms with Gasteiger partial charge in [-0.1, -0.05) is 46.3 Å². The van der Waals surface area contributed by atoms with E-state index in [1.165, 1.54) is 25.7 Å². The molecule has 1 N–H and O–H groups in total. The number of nitrogens with one attached hydrogen (secondary N) is 1. The van der Waals surface area contributed by atoms with Crippen LogP contribution in [-0.4, -0.2) is 12.1 Å². The Morgan fingerprint density at radius 3 is 2.44 bits per heavy atom. The van der Waals surface area contributed by atoms with Crippen molar-refractivity contribution >= 4 is 0 Å². The maximum atomic E-state index is 3.82. The summed E-state index contributed by atoms with van der Waals surface area (Å²) in [5, 5.41) is 3.82. The summed E-state index contributed by atoms with van der Waals surface area (Å²) in [7, 11) is 0. The van der Waals surface area contributed by atoms with E-state index in [1.807, 2.05) is 0 Å².